The van der Waals surface area contributed by atoms with Crippen molar-refractivity contribution >= 4 is 18.3 Å². The van der Waals surface area contributed by atoms with E-state index in [0.717, 1.165) is 86.8 Å². The maximum atomic E-state index is 13.3. The van der Waals surface area contributed by atoms with Crippen LogP contribution in [0.15, 0.2) is 30.3 Å². The van der Waals surface area contributed by atoms with E-state index < -0.39 is 0 Å². The number of hydrogen-bond donors (Lipinski definition) is 0. The second-order valence-electron chi connectivity index (χ2n) is 9.42. The largest absolute Gasteiger partial charge is 0.496 e. The molecule has 9 heteroatoms. The van der Waals surface area contributed by atoms with Crippen molar-refractivity contribution in [2.75, 3.05) is 67.8 Å². The van der Waals surface area contributed by atoms with Crippen LogP contribution in [0.1, 0.15) is 35.2 Å². The summed E-state index contributed by atoms with van der Waals surface area (Å²) in [5.41, 5.74) is 1.77. The van der Waals surface area contributed by atoms with Crippen LogP contribution in [0.2, 0.25) is 0 Å². The van der Waals surface area contributed by atoms with E-state index in [1.165, 1.54) is 0 Å². The number of rotatable bonds is 11. The summed E-state index contributed by atoms with van der Waals surface area (Å²) in [5, 5.41) is 0. The third-order valence-corrected chi connectivity index (χ3v) is 7.07. The number of carbonyl (C=O) groups excluding carboxylic acids is 1. The molecule has 1 saturated heterocycles. The van der Waals surface area contributed by atoms with E-state index in [1.54, 1.807) is 28.4 Å². The van der Waals surface area contributed by atoms with Crippen molar-refractivity contribution in [3.05, 3.63) is 41.5 Å². The highest BCUT2D eigenvalue weighted by atomic mass is 35.5. The Morgan fingerprint density at radius 1 is 0.865 bits per heavy atom. The molecule has 2 aromatic rings. The molecule has 1 atom stereocenters. The highest BCUT2D eigenvalue weighted by Crippen LogP contribution is 2.34. The molecule has 0 aromatic heterocycles. The predicted molar refractivity (Wildman–Crippen MR) is 145 cm³/mol. The maximum Gasteiger partial charge on any atom is 0.254 e. The fourth-order valence-corrected chi connectivity index (χ4v) is 5.19. The molecule has 0 N–H and O–H groups in total. The van der Waals surface area contributed by atoms with E-state index >= 15 is 0 Å². The average molecular weight is 535 g/mol. The molecule has 204 valence electrons. The third-order valence-electron chi connectivity index (χ3n) is 7.07. The van der Waals surface area contributed by atoms with Crippen molar-refractivity contribution < 1.29 is 28.5 Å². The van der Waals surface area contributed by atoms with Crippen LogP contribution in [0.25, 0.3) is 0 Å². The number of nitrogens with zero attached hydrogens (tertiary/aromatic N) is 2. The molecule has 1 fully saturated rings. The summed E-state index contributed by atoms with van der Waals surface area (Å²) in [5.74, 6) is 4.04. The summed E-state index contributed by atoms with van der Waals surface area (Å²) in [4.78, 5) is 17.8. The van der Waals surface area contributed by atoms with Crippen LogP contribution in [-0.4, -0.2) is 83.5 Å². The van der Waals surface area contributed by atoms with Gasteiger partial charge in [-0.3, -0.25) is 4.79 Å². The second kappa shape index (κ2) is 13.6. The number of likely N-dealkylation sites (tertiary alicyclic amines) is 1. The fourth-order valence-electron chi connectivity index (χ4n) is 5.19. The molecule has 1 unspecified atom stereocenters. The van der Waals surface area contributed by atoms with Gasteiger partial charge in [-0.05, 0) is 55.8 Å². The number of piperidine rings is 1. The first kappa shape index (κ1) is 28.7. The van der Waals surface area contributed by atoms with Crippen LogP contribution < -0.4 is 23.7 Å². The van der Waals surface area contributed by atoms with Gasteiger partial charge in [0.05, 0.1) is 35.0 Å². The zero-order chi connectivity index (χ0) is 25.5. The van der Waals surface area contributed by atoms with Gasteiger partial charge in [0, 0.05) is 49.9 Å². The molecule has 4 rings (SSSR count). The van der Waals surface area contributed by atoms with Gasteiger partial charge in [-0.15, -0.1) is 12.4 Å². The molecule has 1 amide bonds. The molecule has 2 aliphatic rings. The molecule has 8 nitrogen and oxygen atoms in total. The van der Waals surface area contributed by atoms with Crippen molar-refractivity contribution in [2.24, 2.45) is 5.92 Å². The van der Waals surface area contributed by atoms with E-state index in [1.807, 2.05) is 35.2 Å². The van der Waals surface area contributed by atoms with Crippen molar-refractivity contribution in [3.8, 4) is 28.7 Å². The molecule has 2 heterocycles. The van der Waals surface area contributed by atoms with Gasteiger partial charge in [-0.2, -0.15) is 0 Å². The fraction of sp³-hybridized carbons (Fsp3) is 0.536. The van der Waals surface area contributed by atoms with E-state index in [2.05, 4.69) is 4.90 Å². The number of halogens is 1. The highest BCUT2D eigenvalue weighted by molar-refractivity contribution is 5.97. The molecule has 2 aromatic carbocycles. The summed E-state index contributed by atoms with van der Waals surface area (Å²) in [7, 11) is 6.49. The lowest BCUT2D eigenvalue weighted by Crippen LogP contribution is -2.45. The van der Waals surface area contributed by atoms with Crippen molar-refractivity contribution in [3.63, 3.8) is 0 Å². The number of ether oxygens (including phenoxy) is 5. The molecule has 0 spiro atoms. The Labute approximate surface area is 226 Å². The number of fused-ring (bicyclic) bond motifs is 1. The number of carbonyl (C=O) groups is 1. The SMILES string of the molecule is COc1cc(OC)cc(OCCCN2CCCC(CN3CCc4cc(OC)c(OC)cc4C3=O)C2)c1.Cl. The van der Waals surface area contributed by atoms with Crippen molar-refractivity contribution in [1.82, 2.24) is 9.80 Å². The quantitative estimate of drug-likeness (QED) is 0.398. The Bertz CT molecular complexity index is 1030. The number of hydrogen-bond acceptors (Lipinski definition) is 7. The van der Waals surface area contributed by atoms with E-state index in [4.69, 9.17) is 23.7 Å². The van der Waals surface area contributed by atoms with Crippen LogP contribution in [0.5, 0.6) is 28.7 Å². The summed E-state index contributed by atoms with van der Waals surface area (Å²) in [6, 6.07) is 9.35. The standard InChI is InChI=1S/C28H38N2O6.ClH/c1-32-22-14-23(33-2)16-24(15-22)36-12-6-10-29-9-5-7-20(18-29)19-30-11-8-21-13-26(34-3)27(35-4)17-25(21)28(30)31;/h13-17,20H,5-12,18-19H2,1-4H3;1H. The van der Waals surface area contributed by atoms with Crippen LogP contribution in [-0.2, 0) is 6.42 Å². The Morgan fingerprint density at radius 3 is 2.22 bits per heavy atom. The Kier molecular flexibility index (Phi) is 10.6. The lowest BCUT2D eigenvalue weighted by molar-refractivity contribution is 0.0658. The zero-order valence-electron chi connectivity index (χ0n) is 22.3. The minimum absolute atomic E-state index is 0. The first-order valence-corrected chi connectivity index (χ1v) is 12.7. The smallest absolute Gasteiger partial charge is 0.254 e. The van der Waals surface area contributed by atoms with Gasteiger partial charge < -0.3 is 33.5 Å². The number of benzene rings is 2. The molecular formula is C28H39ClN2O6. The van der Waals surface area contributed by atoms with Crippen LogP contribution in [0.4, 0.5) is 0 Å². The van der Waals surface area contributed by atoms with Crippen molar-refractivity contribution in [2.45, 2.75) is 25.7 Å². The summed E-state index contributed by atoms with van der Waals surface area (Å²) in [6.07, 6.45) is 4.08. The topological polar surface area (TPSA) is 69.7 Å². The number of methoxy groups -OCH3 is 4. The minimum atomic E-state index is 0. The molecular weight excluding hydrogens is 496 g/mol. The van der Waals surface area contributed by atoms with Crippen LogP contribution in [0.3, 0.4) is 0 Å². The summed E-state index contributed by atoms with van der Waals surface area (Å²) < 4.78 is 27.4. The molecule has 2 aliphatic heterocycles. The van der Waals surface area contributed by atoms with Gasteiger partial charge in [0.1, 0.15) is 17.2 Å². The second-order valence-corrected chi connectivity index (χ2v) is 9.42. The third kappa shape index (κ3) is 7.14. The monoisotopic (exact) mass is 534 g/mol. The van der Waals surface area contributed by atoms with E-state index in [0.29, 0.717) is 24.0 Å². The van der Waals surface area contributed by atoms with Gasteiger partial charge in [-0.25, -0.2) is 0 Å². The average Bonchev–Trinajstić information content (AvgIpc) is 2.92. The molecule has 0 saturated carbocycles. The van der Waals surface area contributed by atoms with Crippen LogP contribution in [0, 0.1) is 5.92 Å². The first-order valence-electron chi connectivity index (χ1n) is 12.7. The lowest BCUT2D eigenvalue weighted by atomic mass is 9.94. The first-order chi connectivity index (χ1) is 17.5. The van der Waals surface area contributed by atoms with Gasteiger partial charge in [0.25, 0.3) is 5.91 Å². The van der Waals surface area contributed by atoms with Gasteiger partial charge >= 0.3 is 0 Å². The molecule has 0 aliphatic carbocycles. The Morgan fingerprint density at radius 2 is 1.54 bits per heavy atom. The number of amides is 1. The highest BCUT2D eigenvalue weighted by Gasteiger charge is 2.29. The molecule has 0 bridgehead atoms. The van der Waals surface area contributed by atoms with Crippen molar-refractivity contribution in [1.29, 1.82) is 0 Å². The summed E-state index contributed by atoms with van der Waals surface area (Å²) >= 11 is 0. The molecule has 37 heavy (non-hydrogen) atoms. The van der Waals surface area contributed by atoms with Gasteiger partial charge in [0.15, 0.2) is 11.5 Å². The maximum absolute atomic E-state index is 13.3. The van der Waals surface area contributed by atoms with E-state index in [9.17, 15) is 4.79 Å². The van der Waals surface area contributed by atoms with Gasteiger partial charge in [-0.1, -0.05) is 0 Å². The zero-order valence-corrected chi connectivity index (χ0v) is 23.1. The normalized spacial score (nSPS) is 17.5. The minimum Gasteiger partial charge on any atom is -0.496 e. The predicted octanol–water partition coefficient (Wildman–Crippen LogP) is 4.32. The Hall–Kier alpha value is -2.84. The Balaban J connectivity index is 0.00000380. The summed E-state index contributed by atoms with van der Waals surface area (Å²) in [6.45, 7) is 5.25. The molecule has 0 radical (unpaired) electrons. The van der Waals surface area contributed by atoms with Crippen LogP contribution >= 0.6 is 12.4 Å². The van der Waals surface area contributed by atoms with Gasteiger partial charge in [0.2, 0.25) is 0 Å². The lowest BCUT2D eigenvalue weighted by Gasteiger charge is -2.37. The van der Waals surface area contributed by atoms with E-state index in [-0.39, 0.29) is 18.3 Å².